The van der Waals surface area contributed by atoms with Crippen molar-refractivity contribution in [1.29, 1.82) is 0 Å². The first-order chi connectivity index (χ1) is 5.20. The molecule has 0 radical (unpaired) electrons. The molecule has 0 spiro atoms. The van der Waals surface area contributed by atoms with E-state index in [0.29, 0.717) is 0 Å². The molecule has 0 fully saturated rings. The van der Waals surface area contributed by atoms with Gasteiger partial charge in [0, 0.05) is 0 Å². The van der Waals surface area contributed by atoms with Crippen molar-refractivity contribution in [2.24, 2.45) is 0 Å². The molecule has 0 saturated carbocycles. The standard InChI is InChI=1S/3CH2O3.4La.3O/c3*2-1(3)4;;;;;;;/h3*(H2,2,3,4);;;;;;;/q;;;4*+3;3*-2/p-6. The smallest absolute Gasteiger partial charge is 2.00 e. The van der Waals surface area contributed by atoms with Crippen LogP contribution >= 0.6 is 0 Å². The third-order valence-electron chi connectivity index (χ3n) is 0. The molecule has 16 heteroatoms. The molecule has 0 rings (SSSR count). The molecule has 0 atom stereocenters. The van der Waals surface area contributed by atoms with Crippen molar-refractivity contribution in [3.05, 3.63) is 0 Å². The Hall–Kier alpha value is 2.47. The van der Waals surface area contributed by atoms with E-state index >= 15 is 0 Å². The zero-order valence-corrected chi connectivity index (χ0v) is 23.2. The monoisotopic (exact) mass is 784 g/mol. The summed E-state index contributed by atoms with van der Waals surface area (Å²) >= 11 is 0. The second kappa shape index (κ2) is 59.0. The first-order valence-electron chi connectivity index (χ1n) is 1.84. The Kier molecular flexibility index (Phi) is 212. The normalized spacial score (nSPS) is 3.79. The van der Waals surface area contributed by atoms with E-state index < -0.39 is 18.5 Å². The first-order valence-corrected chi connectivity index (χ1v) is 1.84. The van der Waals surface area contributed by atoms with Crippen LogP contribution in [0.4, 0.5) is 14.4 Å². The summed E-state index contributed by atoms with van der Waals surface area (Å²) in [5, 5.41) is 50.0. The van der Waals surface area contributed by atoms with Crippen molar-refractivity contribution in [2.45, 2.75) is 0 Å². The fourth-order valence-corrected chi connectivity index (χ4v) is 0. The topological polar surface area (TPSA) is 275 Å². The number of carboxylic acid groups (broad SMARTS) is 6. The van der Waals surface area contributed by atoms with Crippen LogP contribution in [0.2, 0.25) is 0 Å². The summed E-state index contributed by atoms with van der Waals surface area (Å²) in [7, 11) is 0. The van der Waals surface area contributed by atoms with Crippen molar-refractivity contribution >= 4 is 18.5 Å². The SMILES string of the molecule is O=C([O-])[O-].O=C([O-])[O-].O=C([O-])[O-].[La+3].[La+3].[La+3].[La+3].[O-2].[O-2].[O-2]. The molecular weight excluding hydrogens is 784 g/mol. The van der Waals surface area contributed by atoms with Gasteiger partial charge in [0.25, 0.3) is 0 Å². The van der Waals surface area contributed by atoms with E-state index in [9.17, 15) is 0 Å². The van der Waals surface area contributed by atoms with Crippen molar-refractivity contribution in [1.82, 2.24) is 0 Å². The first kappa shape index (κ1) is 68.4. The van der Waals surface area contributed by atoms with Gasteiger partial charge in [-0.2, -0.15) is 0 Å². The van der Waals surface area contributed by atoms with E-state index in [1.807, 2.05) is 0 Å². The minimum absolute atomic E-state index is 0. The molecule has 0 aromatic carbocycles. The number of hydrogen-bond donors (Lipinski definition) is 0. The van der Waals surface area contributed by atoms with Crippen molar-refractivity contribution in [2.75, 3.05) is 0 Å². The van der Waals surface area contributed by atoms with E-state index in [1.165, 1.54) is 0 Å². The summed E-state index contributed by atoms with van der Waals surface area (Å²) < 4.78 is 0. The van der Waals surface area contributed by atoms with Gasteiger partial charge >= 0.3 is 142 Å². The number of hydrogen-bond acceptors (Lipinski definition) is 9. The van der Waals surface area contributed by atoms with Gasteiger partial charge in [-0.25, -0.2) is 0 Å². The fourth-order valence-electron chi connectivity index (χ4n) is 0. The van der Waals surface area contributed by atoms with Crippen LogP contribution in [-0.2, 0) is 16.4 Å². The van der Waals surface area contributed by atoms with Crippen molar-refractivity contribution in [3.8, 4) is 0 Å². The zero-order chi connectivity index (χ0) is 10.7. The molecule has 0 bridgehead atoms. The van der Waals surface area contributed by atoms with Gasteiger partial charge < -0.3 is 61.5 Å². The van der Waals surface area contributed by atoms with Gasteiger partial charge in [0.1, 0.15) is 0 Å². The summed E-state index contributed by atoms with van der Waals surface area (Å²) in [5.41, 5.74) is 0. The molecular formula is C3La4O12. The third kappa shape index (κ3) is 1150. The Labute approximate surface area is 218 Å². The number of rotatable bonds is 0. The van der Waals surface area contributed by atoms with E-state index in [1.54, 1.807) is 0 Å². The molecule has 12 nitrogen and oxygen atoms in total. The van der Waals surface area contributed by atoms with Crippen LogP contribution in [0, 0.1) is 142 Å². The minimum Gasteiger partial charge on any atom is -2.00 e. The van der Waals surface area contributed by atoms with Gasteiger partial charge in [0.15, 0.2) is 0 Å². The summed E-state index contributed by atoms with van der Waals surface area (Å²) in [4.78, 5) is 25.0. The maximum Gasteiger partial charge on any atom is 3.00 e. The van der Waals surface area contributed by atoms with Crippen LogP contribution in [-0.4, -0.2) is 18.5 Å². The molecule has 0 aromatic heterocycles. The molecule has 0 saturated heterocycles. The molecule has 96 valence electrons. The molecule has 0 aromatic rings. The van der Waals surface area contributed by atoms with Gasteiger partial charge in [0.2, 0.25) is 0 Å². The van der Waals surface area contributed by atoms with E-state index in [0.717, 1.165) is 0 Å². The Balaban J connectivity index is -0.00000000675. The molecule has 0 aliphatic rings. The molecule has 0 aliphatic carbocycles. The zero-order valence-electron chi connectivity index (χ0n) is 8.71. The van der Waals surface area contributed by atoms with Crippen molar-refractivity contribution in [3.63, 3.8) is 0 Å². The second-order valence-corrected chi connectivity index (χ2v) is 0.750. The molecule has 0 heterocycles. The Morgan fingerprint density at radius 1 is 0.421 bits per heavy atom. The summed E-state index contributed by atoms with van der Waals surface area (Å²) in [6.07, 6.45) is -7.00. The number of carbonyl (C=O) groups is 3. The van der Waals surface area contributed by atoms with E-state index in [2.05, 4.69) is 0 Å². The number of carbonyl (C=O) groups excluding carboxylic acids is 3. The van der Waals surface area contributed by atoms with Crippen LogP contribution in [0.3, 0.4) is 0 Å². The Bertz CT molecular complexity index is 123. The largest absolute Gasteiger partial charge is 3.00 e. The van der Waals surface area contributed by atoms with E-state index in [4.69, 9.17) is 45.0 Å². The second-order valence-electron chi connectivity index (χ2n) is 0.750. The molecule has 0 unspecified atom stereocenters. The Morgan fingerprint density at radius 3 is 0.421 bits per heavy atom. The molecule has 0 amide bonds. The third-order valence-corrected chi connectivity index (χ3v) is 0. The molecule has 0 N–H and O–H groups in total. The predicted octanol–water partition coefficient (Wildman–Crippen LogP) is -7.70. The van der Waals surface area contributed by atoms with Crippen molar-refractivity contribution < 1.29 is 204 Å². The molecule has 0 aliphatic heterocycles. The van der Waals surface area contributed by atoms with Gasteiger partial charge in [-0.1, -0.05) is 0 Å². The summed E-state index contributed by atoms with van der Waals surface area (Å²) in [6, 6.07) is 0. The van der Waals surface area contributed by atoms with Crippen LogP contribution in [0.5, 0.6) is 0 Å². The minimum atomic E-state index is -2.33. The van der Waals surface area contributed by atoms with Gasteiger partial charge in [-0.05, 0) is 18.5 Å². The maximum absolute atomic E-state index is 8.33. The summed E-state index contributed by atoms with van der Waals surface area (Å²) in [5.74, 6) is 0. The average Bonchev–Trinajstić information content (AvgIpc) is 1.54. The van der Waals surface area contributed by atoms with Gasteiger partial charge in [-0.3, -0.25) is 0 Å². The van der Waals surface area contributed by atoms with Gasteiger partial charge in [0.05, 0.1) is 0 Å². The quantitative estimate of drug-likeness (QED) is 0.225. The van der Waals surface area contributed by atoms with Crippen LogP contribution in [0.25, 0.3) is 0 Å². The van der Waals surface area contributed by atoms with Crippen LogP contribution < -0.4 is 30.6 Å². The van der Waals surface area contributed by atoms with Gasteiger partial charge in [-0.15, -0.1) is 0 Å². The Morgan fingerprint density at radius 2 is 0.421 bits per heavy atom. The molecule has 19 heavy (non-hydrogen) atoms. The average molecular weight is 784 g/mol. The fraction of sp³-hybridized carbons (Fsp3) is 0. The van der Waals surface area contributed by atoms with Crippen LogP contribution in [0.1, 0.15) is 0 Å². The summed E-state index contributed by atoms with van der Waals surface area (Å²) in [6.45, 7) is 0. The van der Waals surface area contributed by atoms with E-state index in [-0.39, 0.29) is 159 Å². The van der Waals surface area contributed by atoms with Crippen LogP contribution in [0.15, 0.2) is 0 Å². The maximum atomic E-state index is 8.33. The predicted molar refractivity (Wildman–Crippen MR) is 18.2 cm³/mol.